The number of nitrogen functional groups attached to an aromatic ring is 1. The van der Waals surface area contributed by atoms with Crippen LogP contribution in [0.3, 0.4) is 0 Å². The second-order valence-electron chi connectivity index (χ2n) is 13.2. The van der Waals surface area contributed by atoms with Gasteiger partial charge in [-0.15, -0.1) is 0 Å². The van der Waals surface area contributed by atoms with E-state index >= 15 is 0 Å². The third kappa shape index (κ3) is 7.43. The number of piperidine rings is 1. The number of halogens is 3. The number of carboxylic acids is 1. The minimum atomic E-state index is -4.83. The van der Waals surface area contributed by atoms with E-state index in [-0.39, 0.29) is 34.6 Å². The second-order valence-corrected chi connectivity index (χ2v) is 13.2. The molecule has 1 spiro atoms. The molecule has 2 atom stereocenters. The number of rotatable bonds is 9. The number of nitrogens with zero attached hydrogens (tertiary/aromatic N) is 5. The Balaban J connectivity index is 1.30. The van der Waals surface area contributed by atoms with E-state index in [1.165, 1.54) is 16.8 Å². The first-order valence-corrected chi connectivity index (χ1v) is 16.2. The van der Waals surface area contributed by atoms with Gasteiger partial charge in [-0.2, -0.15) is 28.2 Å². The lowest BCUT2D eigenvalue weighted by Crippen LogP contribution is -2.41. The molecule has 49 heavy (non-hydrogen) atoms. The molecule has 4 N–H and O–H groups in total. The third-order valence-electron chi connectivity index (χ3n) is 9.20. The van der Waals surface area contributed by atoms with E-state index in [1.54, 1.807) is 31.3 Å². The molecule has 2 saturated heterocycles. The first kappa shape index (κ1) is 34.0. The molecule has 2 fully saturated rings. The number of hydrogen-bond donors (Lipinski definition) is 3. The summed E-state index contributed by atoms with van der Waals surface area (Å²) >= 11 is 0. The van der Waals surface area contributed by atoms with Gasteiger partial charge in [0.25, 0.3) is 0 Å². The normalized spacial score (nSPS) is 18.2. The van der Waals surface area contributed by atoms with Crippen LogP contribution in [0.15, 0.2) is 54.7 Å². The van der Waals surface area contributed by atoms with Crippen molar-refractivity contribution in [2.24, 2.45) is 5.41 Å². The topological polar surface area (TPSA) is 141 Å². The van der Waals surface area contributed by atoms with Crippen LogP contribution in [0.2, 0.25) is 0 Å². The minimum absolute atomic E-state index is 0.00545. The lowest BCUT2D eigenvalue weighted by molar-refractivity contribution is -0.198. The minimum Gasteiger partial charge on any atom is -0.491 e. The Morgan fingerprint density at radius 2 is 1.76 bits per heavy atom. The van der Waals surface area contributed by atoms with Gasteiger partial charge in [-0.1, -0.05) is 18.2 Å². The zero-order valence-corrected chi connectivity index (χ0v) is 27.8. The first-order chi connectivity index (χ1) is 23.2. The van der Waals surface area contributed by atoms with Crippen LogP contribution in [0, 0.1) is 19.3 Å². The van der Waals surface area contributed by atoms with Crippen molar-refractivity contribution in [3.05, 3.63) is 71.5 Å². The molecule has 0 amide bonds. The number of alkyl halides is 3. The molecule has 0 bridgehead atoms. The number of aliphatic carboxylic acids is 1. The van der Waals surface area contributed by atoms with Gasteiger partial charge in [-0.05, 0) is 93.3 Å². The number of nitrogens with one attached hydrogen (secondary N) is 1. The van der Waals surface area contributed by atoms with Crippen LogP contribution in [-0.4, -0.2) is 68.8 Å². The van der Waals surface area contributed by atoms with Crippen LogP contribution in [0.5, 0.6) is 11.6 Å². The van der Waals surface area contributed by atoms with E-state index in [1.807, 2.05) is 43.9 Å². The summed E-state index contributed by atoms with van der Waals surface area (Å²) in [5.74, 6) is -0.330. The fraction of sp³-hybridized carbons (Fsp3) is 0.429. The van der Waals surface area contributed by atoms with Gasteiger partial charge in [0.1, 0.15) is 17.6 Å². The predicted molar refractivity (Wildman–Crippen MR) is 178 cm³/mol. The Morgan fingerprint density at radius 1 is 1.04 bits per heavy atom. The average Bonchev–Trinajstić information content (AvgIpc) is 3.66. The highest BCUT2D eigenvalue weighted by atomic mass is 19.4. The Bertz CT molecular complexity index is 1840. The molecule has 6 rings (SSSR count). The summed E-state index contributed by atoms with van der Waals surface area (Å²) in [4.78, 5) is 21.7. The number of ether oxygens (including phenoxy) is 2. The SMILES string of the molecule is Cc1ccn(-c2cc(-c3ccc(OC(C)C)c(C)c3)ccc2[C@@H](Oc2cc(N3CCC4(CC3)CN[C@H](C(=O)O)C4)nc(N)n2)C(F)(F)F)n1. The fourth-order valence-corrected chi connectivity index (χ4v) is 6.67. The number of nitrogens with two attached hydrogens (primary N) is 1. The third-order valence-corrected chi connectivity index (χ3v) is 9.20. The van der Waals surface area contributed by atoms with Gasteiger partial charge in [0, 0.05) is 37.5 Å². The Hall–Kier alpha value is -4.85. The Labute approximate surface area is 282 Å². The van der Waals surface area contributed by atoms with Gasteiger partial charge >= 0.3 is 12.1 Å². The molecular formula is C35H40F3N7O4. The van der Waals surface area contributed by atoms with Gasteiger partial charge in [0.15, 0.2) is 0 Å². The van der Waals surface area contributed by atoms with E-state index in [0.717, 1.165) is 16.9 Å². The van der Waals surface area contributed by atoms with Gasteiger partial charge in [-0.3, -0.25) is 4.79 Å². The van der Waals surface area contributed by atoms with Crippen LogP contribution < -0.4 is 25.4 Å². The Kier molecular flexibility index (Phi) is 9.18. The molecular weight excluding hydrogens is 639 g/mol. The quantitative estimate of drug-likeness (QED) is 0.192. The number of anilines is 2. The van der Waals surface area contributed by atoms with Crippen molar-refractivity contribution in [2.45, 2.75) is 71.4 Å². The molecule has 2 aliphatic rings. The van der Waals surface area contributed by atoms with Crippen molar-refractivity contribution in [1.82, 2.24) is 25.1 Å². The van der Waals surface area contributed by atoms with E-state index in [9.17, 15) is 23.1 Å². The van der Waals surface area contributed by atoms with E-state index in [2.05, 4.69) is 20.4 Å². The van der Waals surface area contributed by atoms with Crippen LogP contribution >= 0.6 is 0 Å². The zero-order valence-electron chi connectivity index (χ0n) is 27.8. The summed E-state index contributed by atoms with van der Waals surface area (Å²) in [6.07, 6.45) is -3.72. The monoisotopic (exact) mass is 679 g/mol. The van der Waals surface area contributed by atoms with Crippen LogP contribution in [0.25, 0.3) is 16.8 Å². The molecule has 260 valence electrons. The van der Waals surface area contributed by atoms with Crippen molar-refractivity contribution < 1.29 is 32.5 Å². The lowest BCUT2D eigenvalue weighted by Gasteiger charge is -2.39. The maximum absolute atomic E-state index is 14.9. The van der Waals surface area contributed by atoms with Crippen LogP contribution in [-0.2, 0) is 4.79 Å². The van der Waals surface area contributed by atoms with Gasteiger partial charge < -0.3 is 30.5 Å². The maximum atomic E-state index is 14.9. The standard InChI is InChI=1S/C35H40F3N7O4/c1-20(2)48-28-8-6-23(15-21(28)3)24-5-7-25(27(16-24)45-12-9-22(4)43-45)31(35(36,37)38)49-30-17-29(41-33(39)42-30)44-13-10-34(11-14-44)18-26(32(46)47)40-19-34/h5-9,12,15-17,20,26,31,40H,10-11,13-14,18-19H2,1-4H3,(H,46,47)(H2,39,41,42)/t26-,31+/m0/s1. The van der Waals surface area contributed by atoms with Crippen LogP contribution in [0.1, 0.15) is 56.0 Å². The van der Waals surface area contributed by atoms with Gasteiger partial charge in [0.2, 0.25) is 17.9 Å². The summed E-state index contributed by atoms with van der Waals surface area (Å²) in [5, 5.41) is 16.9. The highest BCUT2D eigenvalue weighted by Gasteiger charge is 2.46. The smallest absolute Gasteiger partial charge is 0.429 e. The number of hydrogen-bond acceptors (Lipinski definition) is 9. The van der Waals surface area contributed by atoms with E-state index < -0.39 is 24.3 Å². The molecule has 14 heteroatoms. The molecule has 11 nitrogen and oxygen atoms in total. The Morgan fingerprint density at radius 3 is 2.37 bits per heavy atom. The molecule has 0 saturated carbocycles. The van der Waals surface area contributed by atoms with Crippen molar-refractivity contribution in [2.75, 3.05) is 30.3 Å². The molecule has 4 aromatic rings. The molecule has 2 aliphatic heterocycles. The van der Waals surface area contributed by atoms with E-state index in [0.29, 0.717) is 56.0 Å². The number of carboxylic acid groups (broad SMARTS) is 1. The highest BCUT2D eigenvalue weighted by molar-refractivity contribution is 5.74. The van der Waals surface area contributed by atoms with Crippen molar-refractivity contribution in [3.8, 4) is 28.4 Å². The molecule has 4 heterocycles. The second kappa shape index (κ2) is 13.2. The molecule has 0 unspecified atom stereocenters. The number of benzene rings is 2. The van der Waals surface area contributed by atoms with Gasteiger partial charge in [-0.25, -0.2) is 4.68 Å². The highest BCUT2D eigenvalue weighted by Crippen LogP contribution is 2.43. The number of aromatic nitrogens is 4. The molecule has 0 aliphatic carbocycles. The molecule has 0 radical (unpaired) electrons. The lowest BCUT2D eigenvalue weighted by atomic mass is 9.76. The van der Waals surface area contributed by atoms with Crippen LogP contribution in [0.4, 0.5) is 24.9 Å². The predicted octanol–water partition coefficient (Wildman–Crippen LogP) is 6.03. The fourth-order valence-electron chi connectivity index (χ4n) is 6.67. The van der Waals surface area contributed by atoms with E-state index in [4.69, 9.17) is 15.2 Å². The zero-order chi connectivity index (χ0) is 35.1. The van der Waals surface area contributed by atoms with Crippen molar-refractivity contribution >= 4 is 17.7 Å². The number of carbonyl (C=O) groups is 1. The maximum Gasteiger partial charge on any atom is 0.429 e. The van der Waals surface area contributed by atoms with Crippen molar-refractivity contribution in [1.29, 1.82) is 0 Å². The van der Waals surface area contributed by atoms with Crippen molar-refractivity contribution in [3.63, 3.8) is 0 Å². The summed E-state index contributed by atoms with van der Waals surface area (Å²) < 4.78 is 57.7. The first-order valence-electron chi connectivity index (χ1n) is 16.2. The summed E-state index contributed by atoms with van der Waals surface area (Å²) in [7, 11) is 0. The average molecular weight is 680 g/mol. The summed E-state index contributed by atoms with van der Waals surface area (Å²) in [5.41, 5.74) is 8.91. The summed E-state index contributed by atoms with van der Waals surface area (Å²) in [6, 6.07) is 12.9. The molecule has 2 aromatic heterocycles. The largest absolute Gasteiger partial charge is 0.491 e. The number of aryl methyl sites for hydroxylation is 2. The van der Waals surface area contributed by atoms with Gasteiger partial charge in [0.05, 0.1) is 17.5 Å². The summed E-state index contributed by atoms with van der Waals surface area (Å²) in [6.45, 7) is 9.22. The molecule has 2 aromatic carbocycles.